The van der Waals surface area contributed by atoms with Crippen molar-refractivity contribution in [3.63, 3.8) is 0 Å². The largest absolute Gasteiger partial charge is 0.307 e. The zero-order valence-electron chi connectivity index (χ0n) is 12.5. The van der Waals surface area contributed by atoms with Crippen molar-refractivity contribution in [3.8, 4) is 0 Å². The van der Waals surface area contributed by atoms with Crippen molar-refractivity contribution in [2.45, 2.75) is 10.9 Å². The number of hydrogen-bond donors (Lipinski definition) is 1. The van der Waals surface area contributed by atoms with Gasteiger partial charge in [0, 0.05) is 6.54 Å². The van der Waals surface area contributed by atoms with Crippen LogP contribution in [0.15, 0.2) is 59.5 Å². The van der Waals surface area contributed by atoms with Crippen molar-refractivity contribution in [3.05, 3.63) is 66.0 Å². The summed E-state index contributed by atoms with van der Waals surface area (Å²) in [5.41, 5.74) is 0.830. The van der Waals surface area contributed by atoms with Gasteiger partial charge in [0.1, 0.15) is 10.7 Å². The molecule has 2 aromatic carbocycles. The minimum absolute atomic E-state index is 0.338. The van der Waals surface area contributed by atoms with Gasteiger partial charge in [-0.25, -0.2) is 17.5 Å². The average Bonchev–Trinajstić information content (AvgIpc) is 2.47. The maximum Gasteiger partial charge on any atom is 0.244 e. The van der Waals surface area contributed by atoms with E-state index in [2.05, 4.69) is 4.72 Å². The van der Waals surface area contributed by atoms with Crippen LogP contribution in [-0.4, -0.2) is 34.0 Å². The second-order valence-corrected chi connectivity index (χ2v) is 6.96. The third-order valence-electron chi connectivity index (χ3n) is 3.17. The molecule has 2 aromatic rings. The first-order chi connectivity index (χ1) is 10.4. The molecule has 0 fully saturated rings. The van der Waals surface area contributed by atoms with Crippen molar-refractivity contribution in [2.75, 3.05) is 20.6 Å². The minimum Gasteiger partial charge on any atom is -0.307 e. The zero-order valence-corrected chi connectivity index (χ0v) is 13.3. The molecule has 0 amide bonds. The van der Waals surface area contributed by atoms with Gasteiger partial charge in [0.15, 0.2) is 0 Å². The second kappa shape index (κ2) is 7.00. The molecule has 22 heavy (non-hydrogen) atoms. The number of hydrogen-bond acceptors (Lipinski definition) is 3. The van der Waals surface area contributed by atoms with Crippen molar-refractivity contribution >= 4 is 10.0 Å². The highest BCUT2D eigenvalue weighted by atomic mass is 32.2. The number of likely N-dealkylation sites (N-methyl/N-ethyl adjacent to an activating group) is 1. The quantitative estimate of drug-likeness (QED) is 0.888. The van der Waals surface area contributed by atoms with Gasteiger partial charge in [0.2, 0.25) is 10.0 Å². The third-order valence-corrected chi connectivity index (χ3v) is 4.68. The first-order valence-corrected chi connectivity index (χ1v) is 8.35. The second-order valence-electron chi connectivity index (χ2n) is 5.28. The minimum atomic E-state index is -3.94. The fourth-order valence-electron chi connectivity index (χ4n) is 2.17. The molecule has 0 aliphatic heterocycles. The van der Waals surface area contributed by atoms with Crippen molar-refractivity contribution in [2.24, 2.45) is 0 Å². The monoisotopic (exact) mass is 322 g/mol. The molecule has 1 N–H and O–H groups in total. The lowest BCUT2D eigenvalue weighted by Gasteiger charge is -2.22. The summed E-state index contributed by atoms with van der Waals surface area (Å²) in [4.78, 5) is 1.54. The smallest absolute Gasteiger partial charge is 0.244 e. The Bertz CT molecular complexity index is 718. The number of benzene rings is 2. The van der Waals surface area contributed by atoms with E-state index in [0.717, 1.165) is 11.6 Å². The van der Waals surface area contributed by atoms with Gasteiger partial charge < -0.3 is 4.90 Å². The number of halogens is 1. The normalized spacial score (nSPS) is 13.3. The molecule has 0 saturated carbocycles. The standard InChI is InChI=1S/C16H19FN2O2S/c1-19(2)12-15(13-8-4-3-5-9-13)18-22(20,21)16-11-7-6-10-14(16)17/h3-11,15,18H,12H2,1-2H3/t15-/m0/s1. The topological polar surface area (TPSA) is 49.4 Å². The Hall–Kier alpha value is -1.76. The lowest BCUT2D eigenvalue weighted by molar-refractivity contribution is 0.363. The van der Waals surface area contributed by atoms with Gasteiger partial charge in [-0.05, 0) is 31.8 Å². The van der Waals surface area contributed by atoms with Crippen molar-refractivity contribution in [1.82, 2.24) is 9.62 Å². The van der Waals surface area contributed by atoms with Crippen LogP contribution in [0, 0.1) is 5.82 Å². The van der Waals surface area contributed by atoms with E-state index in [-0.39, 0.29) is 4.90 Å². The van der Waals surface area contributed by atoms with Crippen molar-refractivity contribution in [1.29, 1.82) is 0 Å². The first kappa shape index (κ1) is 16.6. The van der Waals surface area contributed by atoms with E-state index >= 15 is 0 Å². The lowest BCUT2D eigenvalue weighted by Crippen LogP contribution is -2.35. The van der Waals surface area contributed by atoms with Crippen LogP contribution in [0.25, 0.3) is 0 Å². The van der Waals surface area contributed by atoms with Crippen LogP contribution in [0.1, 0.15) is 11.6 Å². The Morgan fingerprint density at radius 2 is 1.64 bits per heavy atom. The molecule has 0 radical (unpaired) electrons. The predicted octanol–water partition coefficient (Wildman–Crippen LogP) is 2.41. The Balaban J connectivity index is 2.33. The molecule has 0 unspecified atom stereocenters. The number of nitrogens with one attached hydrogen (secondary N) is 1. The Morgan fingerprint density at radius 1 is 1.05 bits per heavy atom. The van der Waals surface area contributed by atoms with E-state index in [1.165, 1.54) is 18.2 Å². The summed E-state index contributed by atoms with van der Waals surface area (Å²) in [6, 6.07) is 14.1. The van der Waals surface area contributed by atoms with Gasteiger partial charge >= 0.3 is 0 Å². The molecule has 118 valence electrons. The maximum absolute atomic E-state index is 13.8. The Labute approximate surface area is 130 Å². The summed E-state index contributed by atoms with van der Waals surface area (Å²) in [7, 11) is -0.227. The van der Waals surface area contributed by atoms with Crippen LogP contribution in [0.5, 0.6) is 0 Å². The molecule has 0 aliphatic rings. The zero-order chi connectivity index (χ0) is 16.2. The SMILES string of the molecule is CN(C)C[C@H](NS(=O)(=O)c1ccccc1F)c1ccccc1. The van der Waals surface area contributed by atoms with E-state index in [1.54, 1.807) is 0 Å². The van der Waals surface area contributed by atoms with Crippen LogP contribution in [-0.2, 0) is 10.0 Å². The predicted molar refractivity (Wildman–Crippen MR) is 84.5 cm³/mol. The number of rotatable bonds is 6. The molecule has 4 nitrogen and oxygen atoms in total. The van der Waals surface area contributed by atoms with E-state index in [1.807, 2.05) is 49.3 Å². The van der Waals surface area contributed by atoms with Gasteiger partial charge in [-0.1, -0.05) is 42.5 Å². The lowest BCUT2D eigenvalue weighted by atomic mass is 10.1. The molecule has 2 rings (SSSR count). The highest BCUT2D eigenvalue weighted by Crippen LogP contribution is 2.19. The van der Waals surface area contributed by atoms with Crippen LogP contribution >= 0.6 is 0 Å². The Kier molecular flexibility index (Phi) is 5.28. The molecular weight excluding hydrogens is 303 g/mol. The van der Waals surface area contributed by atoms with Crippen LogP contribution in [0.4, 0.5) is 4.39 Å². The van der Waals surface area contributed by atoms with Gasteiger partial charge in [-0.2, -0.15) is 0 Å². The summed E-state index contributed by atoms with van der Waals surface area (Å²) in [6.07, 6.45) is 0. The summed E-state index contributed by atoms with van der Waals surface area (Å²) >= 11 is 0. The summed E-state index contributed by atoms with van der Waals surface area (Å²) in [5.74, 6) is -0.758. The first-order valence-electron chi connectivity index (χ1n) is 6.86. The molecule has 0 saturated heterocycles. The summed E-state index contributed by atoms with van der Waals surface area (Å²) < 4.78 is 41.3. The molecule has 0 bridgehead atoms. The molecule has 0 aliphatic carbocycles. The van der Waals surface area contributed by atoms with E-state index in [4.69, 9.17) is 0 Å². The highest BCUT2D eigenvalue weighted by Gasteiger charge is 2.24. The van der Waals surface area contributed by atoms with Gasteiger partial charge in [0.05, 0.1) is 6.04 Å². The molecule has 0 aromatic heterocycles. The number of nitrogens with zero attached hydrogens (tertiary/aromatic N) is 1. The van der Waals surface area contributed by atoms with Crippen LogP contribution in [0.2, 0.25) is 0 Å². The number of sulfonamides is 1. The third kappa shape index (κ3) is 4.13. The van der Waals surface area contributed by atoms with Gasteiger partial charge in [0.25, 0.3) is 0 Å². The van der Waals surface area contributed by atoms with Crippen LogP contribution < -0.4 is 4.72 Å². The van der Waals surface area contributed by atoms with Gasteiger partial charge in [-0.3, -0.25) is 0 Å². The van der Waals surface area contributed by atoms with Crippen molar-refractivity contribution < 1.29 is 12.8 Å². The summed E-state index contributed by atoms with van der Waals surface area (Å²) in [5, 5.41) is 0. The highest BCUT2D eigenvalue weighted by molar-refractivity contribution is 7.89. The van der Waals surface area contributed by atoms with E-state index in [9.17, 15) is 12.8 Å². The van der Waals surface area contributed by atoms with E-state index < -0.39 is 21.9 Å². The van der Waals surface area contributed by atoms with E-state index in [0.29, 0.717) is 6.54 Å². The molecule has 0 heterocycles. The molecule has 6 heteroatoms. The maximum atomic E-state index is 13.8. The van der Waals surface area contributed by atoms with Gasteiger partial charge in [-0.15, -0.1) is 0 Å². The Morgan fingerprint density at radius 3 is 2.23 bits per heavy atom. The molecule has 1 atom stereocenters. The fraction of sp³-hybridized carbons (Fsp3) is 0.250. The fourth-order valence-corrected chi connectivity index (χ4v) is 3.47. The average molecular weight is 322 g/mol. The molecular formula is C16H19FN2O2S. The van der Waals surface area contributed by atoms with Crippen LogP contribution in [0.3, 0.4) is 0 Å². The molecule has 0 spiro atoms. The summed E-state index contributed by atoms with van der Waals surface area (Å²) in [6.45, 7) is 0.470.